The van der Waals surface area contributed by atoms with Crippen LogP contribution in [0.3, 0.4) is 0 Å². The third-order valence-electron chi connectivity index (χ3n) is 3.76. The summed E-state index contributed by atoms with van der Waals surface area (Å²) in [6, 6.07) is 12.0. The minimum atomic E-state index is -3.88. The highest BCUT2D eigenvalue weighted by Gasteiger charge is 2.27. The summed E-state index contributed by atoms with van der Waals surface area (Å²) in [7, 11) is -2.49. The summed E-state index contributed by atoms with van der Waals surface area (Å²) in [6.07, 6.45) is 0. The molecule has 140 valence electrons. The lowest BCUT2D eigenvalue weighted by molar-refractivity contribution is -0.121. The van der Waals surface area contributed by atoms with Crippen LogP contribution < -0.4 is 10.1 Å². The predicted octanol–water partition coefficient (Wildman–Crippen LogP) is 2.16. The molecular weight excluding hydrogens is 359 g/mol. The Balaban J connectivity index is 2.07. The quantitative estimate of drug-likeness (QED) is 0.762. The molecule has 2 aromatic carbocycles. The first-order chi connectivity index (χ1) is 12.4. The van der Waals surface area contributed by atoms with E-state index in [9.17, 15) is 17.6 Å². The van der Waals surface area contributed by atoms with Crippen molar-refractivity contribution in [3.05, 3.63) is 59.9 Å². The highest BCUT2D eigenvalue weighted by molar-refractivity contribution is 7.89. The maximum absolute atomic E-state index is 12.9. The molecule has 6 nitrogen and oxygen atoms in total. The first-order valence-electron chi connectivity index (χ1n) is 8.02. The maximum Gasteiger partial charge on any atom is 0.247 e. The van der Waals surface area contributed by atoms with Crippen molar-refractivity contribution in [3.63, 3.8) is 0 Å². The van der Waals surface area contributed by atoms with E-state index in [4.69, 9.17) is 4.74 Å². The van der Waals surface area contributed by atoms with Crippen molar-refractivity contribution in [2.45, 2.75) is 18.4 Å². The fourth-order valence-electron chi connectivity index (χ4n) is 2.36. The van der Waals surface area contributed by atoms with E-state index in [-0.39, 0.29) is 36.1 Å². The second kappa shape index (κ2) is 8.77. The van der Waals surface area contributed by atoms with Crippen LogP contribution in [0.15, 0.2) is 53.4 Å². The number of likely N-dealkylation sites (N-methyl/N-ethyl adjacent to an activating group) is 1. The number of para-hydroxylation sites is 1. The first kappa shape index (κ1) is 19.9. The van der Waals surface area contributed by atoms with Crippen LogP contribution in [0.25, 0.3) is 0 Å². The number of halogens is 1. The Morgan fingerprint density at radius 2 is 1.81 bits per heavy atom. The van der Waals surface area contributed by atoms with E-state index in [1.54, 1.807) is 37.3 Å². The number of hydrogen-bond acceptors (Lipinski definition) is 4. The Morgan fingerprint density at radius 3 is 2.42 bits per heavy atom. The van der Waals surface area contributed by atoms with E-state index in [1.165, 1.54) is 25.3 Å². The molecule has 0 unspecified atom stereocenters. The number of ether oxygens (including phenoxy) is 1. The van der Waals surface area contributed by atoms with Gasteiger partial charge in [-0.2, -0.15) is 4.31 Å². The lowest BCUT2D eigenvalue weighted by atomic mass is 10.2. The summed E-state index contributed by atoms with van der Waals surface area (Å²) in [5.41, 5.74) is 0.718. The van der Waals surface area contributed by atoms with Crippen LogP contribution in [-0.2, 0) is 21.4 Å². The highest BCUT2D eigenvalue weighted by Crippen LogP contribution is 2.25. The molecule has 0 bridgehead atoms. The molecule has 0 aromatic heterocycles. The molecule has 0 radical (unpaired) electrons. The molecule has 8 heteroatoms. The number of nitrogens with one attached hydrogen (secondary N) is 1. The van der Waals surface area contributed by atoms with Gasteiger partial charge in [0.25, 0.3) is 0 Å². The largest absolute Gasteiger partial charge is 0.495 e. The molecular formula is C18H21FN2O4S. The van der Waals surface area contributed by atoms with Crippen molar-refractivity contribution in [2.24, 2.45) is 0 Å². The Kier molecular flexibility index (Phi) is 6.70. The number of carbonyl (C=O) groups excluding carboxylic acids is 1. The summed E-state index contributed by atoms with van der Waals surface area (Å²) < 4.78 is 44.7. The third-order valence-corrected chi connectivity index (χ3v) is 5.72. The molecule has 2 aromatic rings. The van der Waals surface area contributed by atoms with Gasteiger partial charge in [0.2, 0.25) is 15.9 Å². The molecule has 0 fully saturated rings. The number of hydrogen-bond donors (Lipinski definition) is 1. The molecule has 0 atom stereocenters. The fraction of sp³-hybridized carbons (Fsp3) is 0.278. The SMILES string of the molecule is CCN(CC(=O)NCc1ccc(F)cc1)S(=O)(=O)c1ccccc1OC. The lowest BCUT2D eigenvalue weighted by Gasteiger charge is -2.21. The van der Waals surface area contributed by atoms with Gasteiger partial charge in [0.15, 0.2) is 0 Å². The van der Waals surface area contributed by atoms with Crippen LogP contribution in [-0.4, -0.2) is 38.8 Å². The zero-order valence-corrected chi connectivity index (χ0v) is 15.4. The van der Waals surface area contributed by atoms with Crippen molar-refractivity contribution in [1.29, 1.82) is 0 Å². The zero-order chi connectivity index (χ0) is 19.2. The van der Waals surface area contributed by atoms with Crippen molar-refractivity contribution in [1.82, 2.24) is 9.62 Å². The van der Waals surface area contributed by atoms with Gasteiger partial charge < -0.3 is 10.1 Å². The number of carbonyl (C=O) groups is 1. The number of sulfonamides is 1. The van der Waals surface area contributed by atoms with Crippen LogP contribution in [0.1, 0.15) is 12.5 Å². The molecule has 0 aliphatic rings. The molecule has 1 N–H and O–H groups in total. The Hall–Kier alpha value is -2.45. The topological polar surface area (TPSA) is 75.7 Å². The molecule has 2 rings (SSSR count). The maximum atomic E-state index is 12.9. The van der Waals surface area contributed by atoms with Crippen LogP contribution in [0, 0.1) is 5.82 Å². The van der Waals surface area contributed by atoms with Crippen LogP contribution >= 0.6 is 0 Å². The summed E-state index contributed by atoms with van der Waals surface area (Å²) in [6.45, 7) is 1.65. The van der Waals surface area contributed by atoms with E-state index in [0.717, 1.165) is 9.87 Å². The van der Waals surface area contributed by atoms with Gasteiger partial charge in [-0.3, -0.25) is 4.79 Å². The smallest absolute Gasteiger partial charge is 0.247 e. The van der Waals surface area contributed by atoms with E-state index in [0.29, 0.717) is 0 Å². The van der Waals surface area contributed by atoms with Crippen LogP contribution in [0.4, 0.5) is 4.39 Å². The second-order valence-electron chi connectivity index (χ2n) is 5.49. The molecule has 0 aliphatic carbocycles. The molecule has 0 spiro atoms. The monoisotopic (exact) mass is 380 g/mol. The number of rotatable bonds is 8. The molecule has 26 heavy (non-hydrogen) atoms. The second-order valence-corrected chi connectivity index (χ2v) is 7.39. The average Bonchev–Trinajstić information content (AvgIpc) is 2.65. The van der Waals surface area contributed by atoms with Gasteiger partial charge in [0, 0.05) is 13.1 Å². The predicted molar refractivity (Wildman–Crippen MR) is 95.7 cm³/mol. The van der Waals surface area contributed by atoms with E-state index >= 15 is 0 Å². The number of benzene rings is 2. The van der Waals surface area contributed by atoms with Gasteiger partial charge in [-0.1, -0.05) is 31.2 Å². The Labute approximate surface area is 152 Å². The van der Waals surface area contributed by atoms with E-state index in [2.05, 4.69) is 5.32 Å². The molecule has 0 saturated carbocycles. The fourth-order valence-corrected chi connectivity index (χ4v) is 3.92. The molecule has 1 amide bonds. The normalized spacial score (nSPS) is 11.4. The minimum absolute atomic E-state index is 0.00989. The standard InChI is InChI=1S/C18H21FN2O4S/c1-3-21(26(23,24)17-7-5-4-6-16(17)25-2)13-18(22)20-12-14-8-10-15(19)11-9-14/h4-11H,3,12-13H2,1-2H3,(H,20,22). The van der Waals surface area contributed by atoms with Gasteiger partial charge in [0.1, 0.15) is 16.5 Å². The zero-order valence-electron chi connectivity index (χ0n) is 14.6. The summed E-state index contributed by atoms with van der Waals surface area (Å²) in [5.74, 6) is -0.590. The van der Waals surface area contributed by atoms with E-state index in [1.807, 2.05) is 0 Å². The van der Waals surface area contributed by atoms with Crippen molar-refractivity contribution in [3.8, 4) is 5.75 Å². The number of amides is 1. The van der Waals surface area contributed by atoms with Gasteiger partial charge in [-0.05, 0) is 29.8 Å². The minimum Gasteiger partial charge on any atom is -0.495 e. The van der Waals surface area contributed by atoms with Gasteiger partial charge >= 0.3 is 0 Å². The number of nitrogens with zero attached hydrogens (tertiary/aromatic N) is 1. The molecule has 0 heterocycles. The lowest BCUT2D eigenvalue weighted by Crippen LogP contribution is -2.40. The molecule has 0 aliphatic heterocycles. The van der Waals surface area contributed by atoms with Crippen LogP contribution in [0.2, 0.25) is 0 Å². The summed E-state index contributed by atoms with van der Waals surface area (Å²) in [5, 5.41) is 2.64. The van der Waals surface area contributed by atoms with Crippen molar-refractivity contribution < 1.29 is 22.3 Å². The number of methoxy groups -OCH3 is 1. The van der Waals surface area contributed by atoms with Crippen molar-refractivity contribution in [2.75, 3.05) is 20.2 Å². The first-order valence-corrected chi connectivity index (χ1v) is 9.46. The van der Waals surface area contributed by atoms with Gasteiger partial charge in [-0.15, -0.1) is 0 Å². The molecule has 0 saturated heterocycles. The summed E-state index contributed by atoms with van der Waals surface area (Å²) in [4.78, 5) is 12.2. The average molecular weight is 380 g/mol. The summed E-state index contributed by atoms with van der Waals surface area (Å²) >= 11 is 0. The van der Waals surface area contributed by atoms with E-state index < -0.39 is 15.9 Å². The van der Waals surface area contributed by atoms with Crippen molar-refractivity contribution >= 4 is 15.9 Å². The third kappa shape index (κ3) is 4.80. The Bertz CT molecular complexity index is 854. The highest BCUT2D eigenvalue weighted by atomic mass is 32.2. The Morgan fingerprint density at radius 1 is 1.15 bits per heavy atom. The van der Waals surface area contributed by atoms with Gasteiger partial charge in [-0.25, -0.2) is 12.8 Å². The van der Waals surface area contributed by atoms with Crippen LogP contribution in [0.5, 0.6) is 5.75 Å². The van der Waals surface area contributed by atoms with Gasteiger partial charge in [0.05, 0.1) is 13.7 Å².